The first-order valence-electron chi connectivity index (χ1n) is 8.92. The van der Waals surface area contributed by atoms with Gasteiger partial charge in [0, 0.05) is 23.9 Å². The summed E-state index contributed by atoms with van der Waals surface area (Å²) in [6.45, 7) is 0.730. The molecule has 0 aliphatic heterocycles. The smallest absolute Gasteiger partial charge is 0.251 e. The van der Waals surface area contributed by atoms with Crippen LogP contribution in [0.3, 0.4) is 0 Å². The molecule has 3 rings (SSSR count). The van der Waals surface area contributed by atoms with E-state index in [0.717, 1.165) is 11.3 Å². The van der Waals surface area contributed by atoms with Crippen LogP contribution < -0.4 is 10.6 Å². The van der Waals surface area contributed by atoms with Crippen molar-refractivity contribution in [2.45, 2.75) is 13.0 Å². The highest BCUT2D eigenvalue weighted by Crippen LogP contribution is 2.07. The van der Waals surface area contributed by atoms with E-state index in [1.54, 1.807) is 42.6 Å². The van der Waals surface area contributed by atoms with Gasteiger partial charge in [-0.3, -0.25) is 14.6 Å². The second-order valence-electron chi connectivity index (χ2n) is 6.22. The zero-order valence-electron chi connectivity index (χ0n) is 15.2. The molecule has 0 unspecified atom stereocenters. The summed E-state index contributed by atoms with van der Waals surface area (Å²) in [6, 6.07) is 18.2. The quantitative estimate of drug-likeness (QED) is 0.665. The van der Waals surface area contributed by atoms with E-state index in [1.807, 2.05) is 18.2 Å². The maximum atomic E-state index is 12.9. The van der Waals surface area contributed by atoms with Crippen molar-refractivity contribution in [2.24, 2.45) is 0 Å². The summed E-state index contributed by atoms with van der Waals surface area (Å²) in [6.07, 6.45) is 2.26. The van der Waals surface area contributed by atoms with Crippen LogP contribution in [-0.4, -0.2) is 23.3 Å². The number of benzene rings is 2. The normalized spacial score (nSPS) is 10.3. The Hall–Kier alpha value is -3.54. The highest BCUT2D eigenvalue weighted by atomic mass is 19.1. The largest absolute Gasteiger partial charge is 0.352 e. The first-order chi connectivity index (χ1) is 13.6. The van der Waals surface area contributed by atoms with E-state index in [4.69, 9.17) is 0 Å². The number of nitrogens with zero attached hydrogens (tertiary/aromatic N) is 1. The van der Waals surface area contributed by atoms with E-state index in [1.165, 1.54) is 12.1 Å². The molecular weight excluding hydrogens is 357 g/mol. The summed E-state index contributed by atoms with van der Waals surface area (Å²) in [5.74, 6) is -0.820. The minimum atomic E-state index is -0.286. The number of carbonyl (C=O) groups is 2. The van der Waals surface area contributed by atoms with E-state index in [9.17, 15) is 14.0 Å². The molecule has 0 aliphatic carbocycles. The van der Waals surface area contributed by atoms with Gasteiger partial charge < -0.3 is 10.6 Å². The van der Waals surface area contributed by atoms with Crippen molar-refractivity contribution >= 4 is 11.8 Å². The van der Waals surface area contributed by atoms with Crippen molar-refractivity contribution in [3.8, 4) is 0 Å². The Labute approximate surface area is 162 Å². The first kappa shape index (κ1) is 19.2. The van der Waals surface area contributed by atoms with Crippen molar-refractivity contribution in [3.05, 3.63) is 101 Å². The van der Waals surface area contributed by atoms with Crippen molar-refractivity contribution in [2.75, 3.05) is 6.54 Å². The van der Waals surface area contributed by atoms with E-state index in [0.29, 0.717) is 30.6 Å². The van der Waals surface area contributed by atoms with Crippen molar-refractivity contribution in [1.82, 2.24) is 15.6 Å². The SMILES string of the molecule is O=C(NCCc1ccc(F)cc1)c1cccc(C(=O)NCc2ccccn2)c1. The molecule has 0 atom stereocenters. The van der Waals surface area contributed by atoms with Crippen LogP contribution in [0.15, 0.2) is 72.9 Å². The molecule has 2 amide bonds. The fourth-order valence-electron chi connectivity index (χ4n) is 2.65. The van der Waals surface area contributed by atoms with Crippen LogP contribution in [0.2, 0.25) is 0 Å². The first-order valence-corrected chi connectivity index (χ1v) is 8.92. The Kier molecular flexibility index (Phi) is 6.46. The highest BCUT2D eigenvalue weighted by molar-refractivity contribution is 5.99. The van der Waals surface area contributed by atoms with Gasteiger partial charge in [0.2, 0.25) is 0 Å². The maximum Gasteiger partial charge on any atom is 0.251 e. The number of pyridine rings is 1. The van der Waals surface area contributed by atoms with Gasteiger partial charge in [-0.15, -0.1) is 0 Å². The van der Waals surface area contributed by atoms with Crippen molar-refractivity contribution in [1.29, 1.82) is 0 Å². The summed E-state index contributed by atoms with van der Waals surface area (Å²) < 4.78 is 12.9. The predicted octanol–water partition coefficient (Wildman–Crippen LogP) is 3.12. The third kappa shape index (κ3) is 5.48. The van der Waals surface area contributed by atoms with Gasteiger partial charge in [0.05, 0.1) is 12.2 Å². The van der Waals surface area contributed by atoms with Crippen LogP contribution >= 0.6 is 0 Å². The predicted molar refractivity (Wildman–Crippen MR) is 104 cm³/mol. The molecule has 0 radical (unpaired) electrons. The Bertz CT molecular complexity index is 944. The summed E-state index contributed by atoms with van der Waals surface area (Å²) in [4.78, 5) is 28.8. The minimum absolute atomic E-state index is 0.263. The molecule has 6 heteroatoms. The molecule has 1 aromatic heterocycles. The Balaban J connectivity index is 1.53. The molecule has 0 aliphatic rings. The Morgan fingerprint density at radius 3 is 2.25 bits per heavy atom. The molecule has 0 saturated carbocycles. The monoisotopic (exact) mass is 377 g/mol. The molecular formula is C22H20FN3O2. The molecule has 3 aromatic rings. The van der Waals surface area contributed by atoms with Gasteiger partial charge in [-0.2, -0.15) is 0 Å². The average Bonchev–Trinajstić information content (AvgIpc) is 2.74. The van der Waals surface area contributed by atoms with Crippen molar-refractivity contribution < 1.29 is 14.0 Å². The lowest BCUT2D eigenvalue weighted by atomic mass is 10.1. The average molecular weight is 377 g/mol. The molecule has 2 N–H and O–H groups in total. The lowest BCUT2D eigenvalue weighted by Gasteiger charge is -2.08. The van der Waals surface area contributed by atoms with Crippen LogP contribution in [0.4, 0.5) is 4.39 Å². The standard InChI is InChI=1S/C22H20FN3O2/c23-19-9-7-16(8-10-19)11-13-25-21(27)17-4-3-5-18(14-17)22(28)26-15-20-6-1-2-12-24-20/h1-10,12,14H,11,13,15H2,(H,25,27)(H,26,28). The van der Waals surface area contributed by atoms with Crippen LogP contribution in [-0.2, 0) is 13.0 Å². The lowest BCUT2D eigenvalue weighted by molar-refractivity contribution is 0.0950. The second kappa shape index (κ2) is 9.41. The van der Waals surface area contributed by atoms with Gasteiger partial charge in [0.25, 0.3) is 11.8 Å². The van der Waals surface area contributed by atoms with E-state index < -0.39 is 0 Å². The number of aromatic nitrogens is 1. The highest BCUT2D eigenvalue weighted by Gasteiger charge is 2.10. The maximum absolute atomic E-state index is 12.9. The summed E-state index contributed by atoms with van der Waals surface area (Å²) in [5, 5.41) is 5.60. The molecule has 142 valence electrons. The minimum Gasteiger partial charge on any atom is -0.352 e. The van der Waals surface area contributed by atoms with Crippen LogP contribution in [0.1, 0.15) is 32.0 Å². The Morgan fingerprint density at radius 2 is 1.57 bits per heavy atom. The fourth-order valence-corrected chi connectivity index (χ4v) is 2.65. The molecule has 2 aromatic carbocycles. The summed E-state index contributed by atoms with van der Waals surface area (Å²) in [7, 11) is 0. The van der Waals surface area contributed by atoms with Gasteiger partial charge in [-0.05, 0) is 54.4 Å². The molecule has 0 bridgehead atoms. The van der Waals surface area contributed by atoms with E-state index >= 15 is 0 Å². The third-order valence-corrected chi connectivity index (χ3v) is 4.16. The topological polar surface area (TPSA) is 71.1 Å². The third-order valence-electron chi connectivity index (χ3n) is 4.16. The second-order valence-corrected chi connectivity index (χ2v) is 6.22. The van der Waals surface area contributed by atoms with Crippen LogP contribution in [0.25, 0.3) is 0 Å². The number of hydrogen-bond acceptors (Lipinski definition) is 3. The summed E-state index contributed by atoms with van der Waals surface area (Å²) >= 11 is 0. The fraction of sp³-hybridized carbons (Fsp3) is 0.136. The number of nitrogens with one attached hydrogen (secondary N) is 2. The van der Waals surface area contributed by atoms with E-state index in [2.05, 4.69) is 15.6 Å². The molecule has 0 saturated heterocycles. The summed E-state index contributed by atoms with van der Waals surface area (Å²) in [5.41, 5.74) is 2.50. The zero-order chi connectivity index (χ0) is 19.8. The van der Waals surface area contributed by atoms with Gasteiger partial charge >= 0.3 is 0 Å². The van der Waals surface area contributed by atoms with Crippen LogP contribution in [0.5, 0.6) is 0 Å². The molecule has 1 heterocycles. The number of rotatable bonds is 7. The number of hydrogen-bond donors (Lipinski definition) is 2. The lowest BCUT2D eigenvalue weighted by Crippen LogP contribution is -2.27. The van der Waals surface area contributed by atoms with Crippen molar-refractivity contribution in [3.63, 3.8) is 0 Å². The zero-order valence-corrected chi connectivity index (χ0v) is 15.2. The van der Waals surface area contributed by atoms with Gasteiger partial charge in [-0.25, -0.2) is 4.39 Å². The number of amides is 2. The van der Waals surface area contributed by atoms with Crippen LogP contribution in [0, 0.1) is 5.82 Å². The van der Waals surface area contributed by atoms with E-state index in [-0.39, 0.29) is 17.6 Å². The molecule has 0 fully saturated rings. The van der Waals surface area contributed by atoms with Gasteiger partial charge in [0.15, 0.2) is 0 Å². The van der Waals surface area contributed by atoms with Gasteiger partial charge in [0.1, 0.15) is 5.82 Å². The molecule has 28 heavy (non-hydrogen) atoms. The molecule has 5 nitrogen and oxygen atoms in total. The number of halogens is 1. The Morgan fingerprint density at radius 1 is 0.857 bits per heavy atom. The molecule has 0 spiro atoms. The van der Waals surface area contributed by atoms with Gasteiger partial charge in [-0.1, -0.05) is 24.3 Å². The number of carbonyl (C=O) groups excluding carboxylic acids is 2.